The first-order chi connectivity index (χ1) is 13.1. The van der Waals surface area contributed by atoms with Gasteiger partial charge in [-0.25, -0.2) is 4.39 Å². The summed E-state index contributed by atoms with van der Waals surface area (Å²) in [4.78, 5) is 14.4. The molecule has 1 aliphatic heterocycles. The van der Waals surface area contributed by atoms with Crippen molar-refractivity contribution in [2.24, 2.45) is 0 Å². The number of rotatable bonds is 5. The summed E-state index contributed by atoms with van der Waals surface area (Å²) in [6.45, 7) is 3.48. The fourth-order valence-corrected chi connectivity index (χ4v) is 3.17. The number of hydrogen-bond donors (Lipinski definition) is 1. The van der Waals surface area contributed by atoms with Gasteiger partial charge in [-0.05, 0) is 24.6 Å². The van der Waals surface area contributed by atoms with E-state index in [0.29, 0.717) is 44.0 Å². The lowest BCUT2D eigenvalue weighted by molar-refractivity contribution is -0.132. The second-order valence-electron chi connectivity index (χ2n) is 6.63. The highest BCUT2D eigenvalue weighted by atomic mass is 19.1. The molecule has 0 saturated heterocycles. The van der Waals surface area contributed by atoms with Crippen LogP contribution in [0.1, 0.15) is 23.3 Å². The molecule has 0 atom stereocenters. The number of halogens is 1. The third-order valence-electron chi connectivity index (χ3n) is 4.62. The quantitative estimate of drug-likeness (QED) is 0.748. The lowest BCUT2D eigenvalue weighted by Gasteiger charge is -2.26. The molecular weight excluding hydrogens is 349 g/mol. The number of benzene rings is 1. The summed E-state index contributed by atoms with van der Waals surface area (Å²) in [6, 6.07) is 6.38. The van der Waals surface area contributed by atoms with Crippen molar-refractivity contribution in [3.8, 4) is 0 Å². The summed E-state index contributed by atoms with van der Waals surface area (Å²) in [6.07, 6.45) is 4.65. The third-order valence-corrected chi connectivity index (χ3v) is 4.62. The van der Waals surface area contributed by atoms with E-state index in [1.54, 1.807) is 34.0 Å². The second-order valence-corrected chi connectivity index (χ2v) is 6.63. The van der Waals surface area contributed by atoms with E-state index < -0.39 is 0 Å². The van der Waals surface area contributed by atoms with Gasteiger partial charge in [-0.1, -0.05) is 17.3 Å². The Bertz CT molecular complexity index is 965. The molecule has 140 valence electrons. The van der Waals surface area contributed by atoms with Crippen molar-refractivity contribution in [1.82, 2.24) is 19.8 Å². The van der Waals surface area contributed by atoms with Gasteiger partial charge in [-0.2, -0.15) is 5.10 Å². The zero-order valence-electron chi connectivity index (χ0n) is 15.0. The maximum absolute atomic E-state index is 13.9. The average Bonchev–Trinajstić information content (AvgIpc) is 3.27. The number of amides is 1. The molecule has 3 aromatic rings. The van der Waals surface area contributed by atoms with Crippen LogP contribution in [-0.4, -0.2) is 32.3 Å². The summed E-state index contributed by atoms with van der Waals surface area (Å²) in [7, 11) is 0. The zero-order chi connectivity index (χ0) is 18.8. The lowest BCUT2D eigenvalue weighted by atomic mass is 10.1. The van der Waals surface area contributed by atoms with E-state index in [1.807, 2.05) is 13.1 Å². The molecule has 4 rings (SSSR count). The zero-order valence-corrected chi connectivity index (χ0v) is 15.0. The molecule has 7 nitrogen and oxygen atoms in total. The Labute approximate surface area is 155 Å². The first kappa shape index (κ1) is 17.3. The van der Waals surface area contributed by atoms with Crippen LogP contribution in [-0.2, 0) is 24.3 Å². The molecule has 0 aliphatic carbocycles. The number of para-hydroxylation sites is 1. The number of aryl methyl sites for hydroxylation is 2. The molecule has 0 unspecified atom stereocenters. The first-order valence-electron chi connectivity index (χ1n) is 8.86. The smallest absolute Gasteiger partial charge is 0.224 e. The van der Waals surface area contributed by atoms with Crippen LogP contribution in [0, 0.1) is 12.7 Å². The SMILES string of the molecule is Cc1cnn(CCC(=O)N2CCc3onc(Nc4ccccc4F)c3C2)c1. The van der Waals surface area contributed by atoms with Crippen LogP contribution in [0.2, 0.25) is 0 Å². The number of aromatic nitrogens is 3. The van der Waals surface area contributed by atoms with Gasteiger partial charge in [0.05, 0.1) is 24.0 Å². The van der Waals surface area contributed by atoms with Crippen LogP contribution in [0.25, 0.3) is 0 Å². The number of carbonyl (C=O) groups excluding carboxylic acids is 1. The van der Waals surface area contributed by atoms with Crippen LogP contribution >= 0.6 is 0 Å². The fourth-order valence-electron chi connectivity index (χ4n) is 3.17. The second kappa shape index (κ2) is 7.22. The summed E-state index contributed by atoms with van der Waals surface area (Å²) < 4.78 is 21.0. The predicted octanol–water partition coefficient (Wildman–Crippen LogP) is 3.04. The largest absolute Gasteiger partial charge is 0.359 e. The van der Waals surface area contributed by atoms with E-state index in [1.165, 1.54) is 6.07 Å². The standard InChI is InChI=1S/C19H20FN5O2/c1-13-10-21-25(11-13)9-7-18(26)24-8-6-17-14(12-24)19(23-27-17)22-16-5-3-2-4-15(16)20/h2-5,10-11H,6-9,12H2,1H3,(H,22,23). The van der Waals surface area contributed by atoms with Crippen LogP contribution in [0.5, 0.6) is 0 Å². The molecule has 1 amide bonds. The van der Waals surface area contributed by atoms with Crippen molar-refractivity contribution in [3.05, 3.63) is 59.4 Å². The normalized spacial score (nSPS) is 13.5. The number of fused-ring (bicyclic) bond motifs is 1. The maximum atomic E-state index is 13.9. The van der Waals surface area contributed by atoms with Crippen molar-refractivity contribution in [1.29, 1.82) is 0 Å². The van der Waals surface area contributed by atoms with Gasteiger partial charge in [0.15, 0.2) is 5.82 Å². The molecular formula is C19H20FN5O2. The lowest BCUT2D eigenvalue weighted by Crippen LogP contribution is -2.36. The maximum Gasteiger partial charge on any atom is 0.224 e. The summed E-state index contributed by atoms with van der Waals surface area (Å²) >= 11 is 0. The molecule has 0 saturated carbocycles. The van der Waals surface area contributed by atoms with Crippen molar-refractivity contribution in [2.45, 2.75) is 32.9 Å². The number of anilines is 2. The van der Waals surface area contributed by atoms with Gasteiger partial charge in [0.25, 0.3) is 0 Å². The van der Waals surface area contributed by atoms with Gasteiger partial charge >= 0.3 is 0 Å². The molecule has 27 heavy (non-hydrogen) atoms. The number of hydrogen-bond acceptors (Lipinski definition) is 5. The first-order valence-corrected chi connectivity index (χ1v) is 8.86. The van der Waals surface area contributed by atoms with Gasteiger partial charge < -0.3 is 14.7 Å². The molecule has 0 radical (unpaired) electrons. The minimum Gasteiger partial charge on any atom is -0.359 e. The Morgan fingerprint density at radius 3 is 3.00 bits per heavy atom. The topological polar surface area (TPSA) is 76.2 Å². The van der Waals surface area contributed by atoms with Gasteiger partial charge in [-0.3, -0.25) is 9.48 Å². The molecule has 0 fully saturated rings. The van der Waals surface area contributed by atoms with E-state index in [4.69, 9.17) is 4.52 Å². The minimum atomic E-state index is -0.368. The Morgan fingerprint density at radius 1 is 1.37 bits per heavy atom. The molecule has 1 aromatic carbocycles. The van der Waals surface area contributed by atoms with Crippen molar-refractivity contribution in [3.63, 3.8) is 0 Å². The van der Waals surface area contributed by atoms with Crippen LogP contribution in [0.4, 0.5) is 15.9 Å². The monoisotopic (exact) mass is 369 g/mol. The number of carbonyl (C=O) groups is 1. The van der Waals surface area contributed by atoms with Crippen LogP contribution in [0.3, 0.4) is 0 Å². The molecule has 0 bridgehead atoms. The fraction of sp³-hybridized carbons (Fsp3) is 0.316. The van der Waals surface area contributed by atoms with Crippen molar-refractivity contribution < 1.29 is 13.7 Å². The van der Waals surface area contributed by atoms with E-state index in [9.17, 15) is 9.18 Å². The van der Waals surface area contributed by atoms with E-state index in [2.05, 4.69) is 15.6 Å². The number of nitrogens with one attached hydrogen (secondary N) is 1. The minimum absolute atomic E-state index is 0.0480. The van der Waals surface area contributed by atoms with Crippen molar-refractivity contribution >= 4 is 17.4 Å². The summed E-state index contributed by atoms with van der Waals surface area (Å²) in [5, 5.41) is 11.2. The molecule has 8 heteroatoms. The predicted molar refractivity (Wildman–Crippen MR) is 96.9 cm³/mol. The molecule has 1 aliphatic rings. The Balaban J connectivity index is 1.43. The van der Waals surface area contributed by atoms with Crippen LogP contribution in [0.15, 0.2) is 41.2 Å². The van der Waals surface area contributed by atoms with Crippen molar-refractivity contribution in [2.75, 3.05) is 11.9 Å². The van der Waals surface area contributed by atoms with E-state index in [0.717, 1.165) is 16.9 Å². The van der Waals surface area contributed by atoms with E-state index >= 15 is 0 Å². The highest BCUT2D eigenvalue weighted by Gasteiger charge is 2.27. The molecule has 0 spiro atoms. The van der Waals surface area contributed by atoms with Crippen LogP contribution < -0.4 is 5.32 Å². The van der Waals surface area contributed by atoms with E-state index in [-0.39, 0.29) is 11.7 Å². The summed E-state index contributed by atoms with van der Waals surface area (Å²) in [5.74, 6) is 0.871. The van der Waals surface area contributed by atoms with Gasteiger partial charge in [0.1, 0.15) is 11.6 Å². The highest BCUT2D eigenvalue weighted by molar-refractivity contribution is 5.77. The molecule has 3 heterocycles. The Kier molecular flexibility index (Phi) is 4.62. The Morgan fingerprint density at radius 2 is 2.22 bits per heavy atom. The number of nitrogens with zero attached hydrogens (tertiary/aromatic N) is 4. The third kappa shape index (κ3) is 3.69. The Hall–Kier alpha value is -3.16. The van der Waals surface area contributed by atoms with Gasteiger partial charge in [-0.15, -0.1) is 0 Å². The molecule has 1 N–H and O–H groups in total. The highest BCUT2D eigenvalue weighted by Crippen LogP contribution is 2.29. The summed E-state index contributed by atoms with van der Waals surface area (Å²) in [5.41, 5.74) is 2.19. The van der Waals surface area contributed by atoms with Gasteiger partial charge in [0.2, 0.25) is 5.91 Å². The molecule has 2 aromatic heterocycles. The average molecular weight is 369 g/mol. The van der Waals surface area contributed by atoms with Gasteiger partial charge in [0, 0.05) is 32.1 Å².